The molecule has 1 aromatic rings. The largest absolute Gasteiger partial charge is 0.370 e. The number of rotatable bonds is 3. The summed E-state index contributed by atoms with van der Waals surface area (Å²) in [5.74, 6) is 0. The summed E-state index contributed by atoms with van der Waals surface area (Å²) in [6.45, 7) is 4.50. The zero-order valence-corrected chi connectivity index (χ0v) is 9.66. The minimum Gasteiger partial charge on any atom is -0.370 e. The van der Waals surface area contributed by atoms with Gasteiger partial charge in [0.25, 0.3) is 0 Å². The third-order valence-electron chi connectivity index (χ3n) is 3.33. The van der Waals surface area contributed by atoms with Gasteiger partial charge >= 0.3 is 0 Å². The van der Waals surface area contributed by atoms with E-state index in [1.807, 2.05) is 0 Å². The second kappa shape index (κ2) is 4.67. The molecule has 2 nitrogen and oxygen atoms in total. The molecule has 1 aliphatic heterocycles. The van der Waals surface area contributed by atoms with Crippen molar-refractivity contribution in [3.8, 4) is 0 Å². The molecule has 1 fully saturated rings. The van der Waals surface area contributed by atoms with E-state index in [1.165, 1.54) is 17.7 Å². The molecular weight excluding hydrogens is 184 g/mol. The molecule has 0 saturated carbocycles. The van der Waals surface area contributed by atoms with Gasteiger partial charge in [-0.05, 0) is 31.0 Å². The van der Waals surface area contributed by atoms with Crippen molar-refractivity contribution < 1.29 is 0 Å². The van der Waals surface area contributed by atoms with Gasteiger partial charge in [-0.2, -0.15) is 0 Å². The van der Waals surface area contributed by atoms with Crippen molar-refractivity contribution in [2.75, 3.05) is 25.0 Å². The minimum absolute atomic E-state index is 0.665. The van der Waals surface area contributed by atoms with Crippen LogP contribution in [0.3, 0.4) is 0 Å². The van der Waals surface area contributed by atoms with Crippen molar-refractivity contribution in [1.29, 1.82) is 0 Å². The van der Waals surface area contributed by atoms with E-state index >= 15 is 0 Å². The number of nitrogens with one attached hydrogen (secondary N) is 1. The first-order chi connectivity index (χ1) is 7.33. The average Bonchev–Trinajstić information content (AvgIpc) is 2.81. The Labute approximate surface area is 92.3 Å². The molecule has 0 spiro atoms. The van der Waals surface area contributed by atoms with Crippen molar-refractivity contribution in [2.45, 2.75) is 25.8 Å². The van der Waals surface area contributed by atoms with Gasteiger partial charge in [-0.3, -0.25) is 0 Å². The predicted octanol–water partition coefficient (Wildman–Crippen LogP) is 2.05. The second-order valence-corrected chi connectivity index (χ2v) is 4.24. The lowest BCUT2D eigenvalue weighted by Crippen LogP contribution is -2.33. The molecule has 0 bridgehead atoms. The molecular formula is C13H20N2. The number of likely N-dealkylation sites (N-methyl/N-ethyl adjacent to an activating group) is 1. The number of hydrogen-bond acceptors (Lipinski definition) is 2. The van der Waals surface area contributed by atoms with Crippen LogP contribution in [0.15, 0.2) is 24.3 Å². The van der Waals surface area contributed by atoms with Crippen LogP contribution in [0.25, 0.3) is 0 Å². The van der Waals surface area contributed by atoms with Gasteiger partial charge in [-0.25, -0.2) is 0 Å². The zero-order chi connectivity index (χ0) is 10.7. The number of benzene rings is 1. The monoisotopic (exact) mass is 204 g/mol. The Bertz CT molecular complexity index is 316. The van der Waals surface area contributed by atoms with Crippen LogP contribution in [0.1, 0.15) is 18.9 Å². The maximum Gasteiger partial charge on any atom is 0.0423 e. The molecule has 82 valence electrons. The highest BCUT2D eigenvalue weighted by Gasteiger charge is 2.20. The van der Waals surface area contributed by atoms with E-state index in [2.05, 4.69) is 48.5 Å². The Morgan fingerprint density at radius 2 is 2.20 bits per heavy atom. The van der Waals surface area contributed by atoms with Crippen LogP contribution in [0.4, 0.5) is 5.69 Å². The summed E-state index contributed by atoms with van der Waals surface area (Å²) in [4.78, 5) is 2.43. The van der Waals surface area contributed by atoms with E-state index < -0.39 is 0 Å². The molecule has 1 saturated heterocycles. The third-order valence-corrected chi connectivity index (χ3v) is 3.33. The zero-order valence-electron chi connectivity index (χ0n) is 9.66. The van der Waals surface area contributed by atoms with E-state index in [4.69, 9.17) is 0 Å². The summed E-state index contributed by atoms with van der Waals surface area (Å²) in [6, 6.07) is 9.39. The highest BCUT2D eigenvalue weighted by molar-refractivity contribution is 5.54. The summed E-state index contributed by atoms with van der Waals surface area (Å²) in [6.07, 6.45) is 2.37. The summed E-state index contributed by atoms with van der Waals surface area (Å²) >= 11 is 0. The van der Waals surface area contributed by atoms with Crippen LogP contribution in [0.5, 0.6) is 0 Å². The van der Waals surface area contributed by atoms with Gasteiger partial charge in [0.15, 0.2) is 0 Å². The van der Waals surface area contributed by atoms with Crippen molar-refractivity contribution >= 4 is 5.69 Å². The van der Waals surface area contributed by atoms with Crippen LogP contribution in [0.2, 0.25) is 0 Å². The number of anilines is 1. The van der Waals surface area contributed by atoms with Gasteiger partial charge in [0.2, 0.25) is 0 Å². The van der Waals surface area contributed by atoms with E-state index in [0.29, 0.717) is 6.04 Å². The van der Waals surface area contributed by atoms with Gasteiger partial charge in [-0.15, -0.1) is 0 Å². The minimum atomic E-state index is 0.665. The van der Waals surface area contributed by atoms with Crippen LogP contribution < -0.4 is 10.2 Å². The number of nitrogens with zero attached hydrogens (tertiary/aromatic N) is 1. The highest BCUT2D eigenvalue weighted by atomic mass is 15.2. The maximum atomic E-state index is 3.42. The van der Waals surface area contributed by atoms with E-state index in [-0.39, 0.29) is 0 Å². The van der Waals surface area contributed by atoms with Crippen LogP contribution in [-0.4, -0.2) is 26.2 Å². The van der Waals surface area contributed by atoms with E-state index in [9.17, 15) is 0 Å². The van der Waals surface area contributed by atoms with Crippen LogP contribution in [-0.2, 0) is 6.42 Å². The van der Waals surface area contributed by atoms with Gasteiger partial charge < -0.3 is 10.2 Å². The van der Waals surface area contributed by atoms with Crippen molar-refractivity contribution in [2.24, 2.45) is 0 Å². The number of hydrogen-bond donors (Lipinski definition) is 1. The Balaban J connectivity index is 2.19. The summed E-state index contributed by atoms with van der Waals surface area (Å²) < 4.78 is 0. The molecule has 1 aromatic carbocycles. The lowest BCUT2D eigenvalue weighted by molar-refractivity contribution is 0.683. The van der Waals surface area contributed by atoms with Gasteiger partial charge in [0, 0.05) is 25.3 Å². The van der Waals surface area contributed by atoms with Gasteiger partial charge in [0.1, 0.15) is 0 Å². The molecule has 2 heteroatoms. The lowest BCUT2D eigenvalue weighted by atomic mass is 10.1. The first kappa shape index (κ1) is 10.5. The second-order valence-electron chi connectivity index (χ2n) is 4.24. The number of aryl methyl sites for hydroxylation is 1. The Morgan fingerprint density at radius 1 is 1.40 bits per heavy atom. The average molecular weight is 204 g/mol. The molecule has 1 aliphatic rings. The topological polar surface area (TPSA) is 15.3 Å². The first-order valence-electron chi connectivity index (χ1n) is 5.84. The summed E-state index contributed by atoms with van der Waals surface area (Å²) in [5.41, 5.74) is 2.85. The van der Waals surface area contributed by atoms with E-state index in [1.54, 1.807) is 0 Å². The van der Waals surface area contributed by atoms with Crippen LogP contribution in [0, 0.1) is 0 Å². The van der Waals surface area contributed by atoms with Crippen molar-refractivity contribution in [1.82, 2.24) is 5.32 Å². The fraction of sp³-hybridized carbons (Fsp3) is 0.538. The standard InChI is InChI=1S/C13H20N2/c1-3-11-6-4-5-7-13(11)15(2)12-8-9-14-10-12/h4-7,12,14H,3,8-10H2,1-2H3. The third kappa shape index (κ3) is 2.15. The smallest absolute Gasteiger partial charge is 0.0423 e. The molecule has 0 amide bonds. The molecule has 0 aromatic heterocycles. The van der Waals surface area contributed by atoms with Gasteiger partial charge in [-0.1, -0.05) is 25.1 Å². The molecule has 1 heterocycles. The Hall–Kier alpha value is -1.02. The Morgan fingerprint density at radius 3 is 2.87 bits per heavy atom. The quantitative estimate of drug-likeness (QED) is 0.810. The molecule has 1 atom stereocenters. The molecule has 2 rings (SSSR count). The normalized spacial score (nSPS) is 20.5. The Kier molecular flexibility index (Phi) is 3.27. The van der Waals surface area contributed by atoms with Gasteiger partial charge in [0.05, 0.1) is 0 Å². The molecule has 15 heavy (non-hydrogen) atoms. The first-order valence-corrected chi connectivity index (χ1v) is 5.84. The molecule has 0 aliphatic carbocycles. The SMILES string of the molecule is CCc1ccccc1N(C)C1CCNC1. The molecule has 1 unspecified atom stereocenters. The van der Waals surface area contributed by atoms with E-state index in [0.717, 1.165) is 19.5 Å². The predicted molar refractivity (Wildman–Crippen MR) is 65.5 cm³/mol. The van der Waals surface area contributed by atoms with Crippen molar-refractivity contribution in [3.63, 3.8) is 0 Å². The van der Waals surface area contributed by atoms with Crippen molar-refractivity contribution in [3.05, 3.63) is 29.8 Å². The maximum absolute atomic E-state index is 3.42. The molecule has 0 radical (unpaired) electrons. The fourth-order valence-electron chi connectivity index (χ4n) is 2.32. The highest BCUT2D eigenvalue weighted by Crippen LogP contribution is 2.23. The summed E-state index contributed by atoms with van der Waals surface area (Å²) in [5, 5.41) is 3.42. The van der Waals surface area contributed by atoms with Crippen LogP contribution >= 0.6 is 0 Å². The molecule has 1 N–H and O–H groups in total. The number of para-hydroxylation sites is 1. The lowest BCUT2D eigenvalue weighted by Gasteiger charge is -2.28. The summed E-state index contributed by atoms with van der Waals surface area (Å²) in [7, 11) is 2.21. The fourth-order valence-corrected chi connectivity index (χ4v) is 2.32.